The molecule has 0 saturated carbocycles. The lowest BCUT2D eigenvalue weighted by atomic mass is 9.95. The second-order valence-electron chi connectivity index (χ2n) is 9.79. The molecule has 1 atom stereocenters. The maximum Gasteiger partial charge on any atom is 0.347 e. The maximum atomic E-state index is 14.4. The van der Waals surface area contributed by atoms with Crippen molar-refractivity contribution in [3.8, 4) is 0 Å². The first kappa shape index (κ1) is 29.4. The van der Waals surface area contributed by atoms with Gasteiger partial charge >= 0.3 is 5.97 Å². The molecule has 0 aliphatic rings. The first-order valence-electron chi connectivity index (χ1n) is 13.4. The van der Waals surface area contributed by atoms with Gasteiger partial charge in [-0.3, -0.25) is 20.9 Å². The molecule has 5 aromatic rings. The SMILES string of the molecule is CCOC(=O)C(N)(c1cccc2c(C(=O)NCc3ccc(C(=N)N)cc3)cccc12)S(=O)(=O)c1cccc2cccnc12. The predicted octanol–water partition coefficient (Wildman–Crippen LogP) is 3.75. The van der Waals surface area contributed by atoms with E-state index < -0.39 is 26.6 Å². The van der Waals surface area contributed by atoms with Crippen LogP contribution in [0, 0.1) is 5.41 Å². The monoisotopic (exact) mass is 595 g/mol. The topological polar surface area (TPSA) is 178 Å². The molecule has 0 bridgehead atoms. The Morgan fingerprint density at radius 1 is 0.930 bits per heavy atom. The molecule has 1 amide bonds. The molecule has 0 fully saturated rings. The smallest absolute Gasteiger partial charge is 0.347 e. The number of amidine groups is 1. The second-order valence-corrected chi connectivity index (χ2v) is 11.9. The fourth-order valence-corrected chi connectivity index (χ4v) is 6.76. The molecule has 1 aromatic heterocycles. The van der Waals surface area contributed by atoms with Gasteiger partial charge in [0.25, 0.3) is 5.91 Å². The molecule has 218 valence electrons. The number of benzene rings is 4. The Morgan fingerprint density at radius 2 is 1.60 bits per heavy atom. The Hall–Kier alpha value is -5.13. The van der Waals surface area contributed by atoms with Crippen LogP contribution >= 0.6 is 0 Å². The highest BCUT2D eigenvalue weighted by Gasteiger charge is 2.52. The molecule has 0 aliphatic heterocycles. The molecular formula is C32H29N5O5S. The summed E-state index contributed by atoms with van der Waals surface area (Å²) in [5, 5.41) is 11.6. The minimum Gasteiger partial charge on any atom is -0.464 e. The van der Waals surface area contributed by atoms with E-state index in [0.717, 1.165) is 5.56 Å². The van der Waals surface area contributed by atoms with Crippen LogP contribution in [0.4, 0.5) is 0 Å². The van der Waals surface area contributed by atoms with E-state index >= 15 is 0 Å². The zero-order valence-electron chi connectivity index (χ0n) is 23.2. The summed E-state index contributed by atoms with van der Waals surface area (Å²) in [5.41, 5.74) is 14.0. The van der Waals surface area contributed by atoms with Gasteiger partial charge in [0.2, 0.25) is 14.7 Å². The maximum absolute atomic E-state index is 14.4. The lowest BCUT2D eigenvalue weighted by Crippen LogP contribution is -2.52. The summed E-state index contributed by atoms with van der Waals surface area (Å²) in [6.45, 7) is 1.65. The third-order valence-corrected chi connectivity index (χ3v) is 9.32. The first-order valence-corrected chi connectivity index (χ1v) is 14.9. The Labute approximate surface area is 248 Å². The third kappa shape index (κ3) is 5.20. The molecule has 0 saturated heterocycles. The lowest BCUT2D eigenvalue weighted by molar-refractivity contribution is -0.146. The molecule has 10 nitrogen and oxygen atoms in total. The highest BCUT2D eigenvalue weighted by Crippen LogP contribution is 2.39. The number of fused-ring (bicyclic) bond motifs is 2. The molecule has 11 heteroatoms. The van der Waals surface area contributed by atoms with Gasteiger partial charge in [-0.2, -0.15) is 0 Å². The van der Waals surface area contributed by atoms with Crippen molar-refractivity contribution in [3.63, 3.8) is 0 Å². The number of nitrogens with two attached hydrogens (primary N) is 2. The summed E-state index contributed by atoms with van der Waals surface area (Å²) in [4.78, 5) is 28.3. The molecule has 5 rings (SSSR count). The number of nitrogen functional groups attached to an aromatic ring is 1. The number of para-hydroxylation sites is 1. The Morgan fingerprint density at radius 3 is 2.33 bits per heavy atom. The summed E-state index contributed by atoms with van der Waals surface area (Å²) in [6, 6.07) is 24.4. The van der Waals surface area contributed by atoms with Crippen molar-refractivity contribution < 1.29 is 22.7 Å². The Balaban J connectivity index is 1.60. The van der Waals surface area contributed by atoms with Crippen LogP contribution in [0.15, 0.2) is 102 Å². The van der Waals surface area contributed by atoms with E-state index in [1.807, 2.05) is 0 Å². The first-order chi connectivity index (χ1) is 20.6. The van der Waals surface area contributed by atoms with Crippen LogP contribution < -0.4 is 16.8 Å². The van der Waals surface area contributed by atoms with Gasteiger partial charge < -0.3 is 15.8 Å². The van der Waals surface area contributed by atoms with E-state index in [-0.39, 0.29) is 40.5 Å². The highest BCUT2D eigenvalue weighted by atomic mass is 32.2. The molecule has 6 N–H and O–H groups in total. The van der Waals surface area contributed by atoms with Crippen molar-refractivity contribution in [2.75, 3.05) is 6.61 Å². The van der Waals surface area contributed by atoms with Crippen molar-refractivity contribution in [1.29, 1.82) is 5.41 Å². The fraction of sp³-hybridized carbons (Fsp3) is 0.125. The second kappa shape index (κ2) is 11.6. The number of ether oxygens (including phenoxy) is 1. The zero-order valence-corrected chi connectivity index (χ0v) is 24.0. The van der Waals surface area contributed by atoms with Crippen LogP contribution in [0.25, 0.3) is 21.7 Å². The van der Waals surface area contributed by atoms with E-state index in [2.05, 4.69) is 10.3 Å². The van der Waals surface area contributed by atoms with E-state index in [1.54, 1.807) is 85.8 Å². The summed E-state index contributed by atoms with van der Waals surface area (Å²) in [7, 11) is -4.67. The van der Waals surface area contributed by atoms with Crippen LogP contribution in [0.2, 0.25) is 0 Å². The van der Waals surface area contributed by atoms with Gasteiger partial charge in [-0.1, -0.05) is 72.8 Å². The van der Waals surface area contributed by atoms with Gasteiger partial charge in [0.1, 0.15) is 5.84 Å². The van der Waals surface area contributed by atoms with Crippen molar-refractivity contribution in [2.24, 2.45) is 11.5 Å². The van der Waals surface area contributed by atoms with Crippen molar-refractivity contribution in [1.82, 2.24) is 10.3 Å². The Kier molecular flexibility index (Phi) is 7.94. The number of hydrogen-bond acceptors (Lipinski definition) is 8. The average Bonchev–Trinajstić information content (AvgIpc) is 3.02. The predicted molar refractivity (Wildman–Crippen MR) is 164 cm³/mol. The third-order valence-electron chi connectivity index (χ3n) is 7.17. The van der Waals surface area contributed by atoms with Gasteiger partial charge in [-0.25, -0.2) is 13.2 Å². The molecule has 0 aliphatic carbocycles. The highest BCUT2D eigenvalue weighted by molar-refractivity contribution is 7.93. The van der Waals surface area contributed by atoms with Gasteiger partial charge in [0.15, 0.2) is 0 Å². The van der Waals surface area contributed by atoms with Crippen molar-refractivity contribution in [3.05, 3.63) is 119 Å². The van der Waals surface area contributed by atoms with Crippen LogP contribution in [0.5, 0.6) is 0 Å². The molecule has 0 radical (unpaired) electrons. The van der Waals surface area contributed by atoms with Crippen LogP contribution in [0.3, 0.4) is 0 Å². The largest absolute Gasteiger partial charge is 0.464 e. The normalized spacial score (nSPS) is 12.9. The number of carbonyl (C=O) groups is 2. The number of amides is 1. The number of nitrogens with zero attached hydrogens (tertiary/aromatic N) is 1. The number of sulfone groups is 1. The summed E-state index contributed by atoms with van der Waals surface area (Å²) >= 11 is 0. The quantitative estimate of drug-likeness (QED) is 0.113. The van der Waals surface area contributed by atoms with Crippen LogP contribution in [-0.2, 0) is 30.8 Å². The van der Waals surface area contributed by atoms with Crippen LogP contribution in [0.1, 0.15) is 34.0 Å². The molecule has 1 heterocycles. The standard InChI is InChI=1S/C32H29N5O5S/c1-2-42-31(39)32(35,43(40,41)27-13-3-7-21-8-6-18-36-28(21)27)26-12-5-9-23-24(26)10-4-11-25(23)30(38)37-19-20-14-16-22(17-15-20)29(33)34/h3-18H,2,19,35H2,1H3,(H3,33,34)(H,37,38). The van der Waals surface area contributed by atoms with E-state index in [4.69, 9.17) is 21.6 Å². The van der Waals surface area contributed by atoms with E-state index in [1.165, 1.54) is 18.3 Å². The molecule has 0 spiro atoms. The molecule has 1 unspecified atom stereocenters. The summed E-state index contributed by atoms with van der Waals surface area (Å²) < 4.78 is 34.1. The minimum absolute atomic E-state index is 0.0362. The minimum atomic E-state index is -4.67. The molecular weight excluding hydrogens is 566 g/mol. The number of carbonyl (C=O) groups excluding carboxylic acids is 2. The zero-order chi connectivity index (χ0) is 30.8. The fourth-order valence-electron chi connectivity index (χ4n) is 4.98. The number of pyridine rings is 1. The number of rotatable bonds is 9. The van der Waals surface area contributed by atoms with Gasteiger partial charge in [-0.15, -0.1) is 0 Å². The summed E-state index contributed by atoms with van der Waals surface area (Å²) in [6.07, 6.45) is 1.46. The summed E-state index contributed by atoms with van der Waals surface area (Å²) in [5.74, 6) is -1.63. The number of aromatic nitrogens is 1. The molecule has 43 heavy (non-hydrogen) atoms. The van der Waals surface area contributed by atoms with E-state index in [9.17, 15) is 18.0 Å². The number of esters is 1. The molecule has 4 aromatic carbocycles. The lowest BCUT2D eigenvalue weighted by Gasteiger charge is -2.29. The van der Waals surface area contributed by atoms with Crippen molar-refractivity contribution >= 4 is 49.2 Å². The van der Waals surface area contributed by atoms with Gasteiger partial charge in [-0.05, 0) is 41.5 Å². The van der Waals surface area contributed by atoms with Gasteiger partial charge in [0, 0.05) is 34.8 Å². The number of hydrogen-bond donors (Lipinski definition) is 4. The van der Waals surface area contributed by atoms with E-state index in [0.29, 0.717) is 21.7 Å². The average molecular weight is 596 g/mol. The van der Waals surface area contributed by atoms with Gasteiger partial charge in [0.05, 0.1) is 17.0 Å². The number of nitrogens with one attached hydrogen (secondary N) is 2. The van der Waals surface area contributed by atoms with Crippen LogP contribution in [-0.4, -0.2) is 37.7 Å². The Bertz CT molecular complexity index is 1990. The van der Waals surface area contributed by atoms with Crippen molar-refractivity contribution in [2.45, 2.75) is 23.2 Å².